The number of sulfonamides is 1. The summed E-state index contributed by atoms with van der Waals surface area (Å²) >= 11 is 0. The number of anilines is 2. The second kappa shape index (κ2) is 9.77. The number of carbonyl (C=O) groups excluding carboxylic acids is 1. The first-order valence-electron chi connectivity index (χ1n) is 11.5. The van der Waals surface area contributed by atoms with Gasteiger partial charge in [0, 0.05) is 17.7 Å². The van der Waals surface area contributed by atoms with Gasteiger partial charge < -0.3 is 19.3 Å². The van der Waals surface area contributed by atoms with Crippen molar-refractivity contribution in [2.45, 2.75) is 43.0 Å². The molecule has 10 nitrogen and oxygen atoms in total. The van der Waals surface area contributed by atoms with Gasteiger partial charge in [-0.15, -0.1) is 0 Å². The molecule has 15 heteroatoms. The lowest BCUT2D eigenvalue weighted by atomic mass is 10.1. The molecule has 0 bridgehead atoms. The van der Waals surface area contributed by atoms with Crippen LogP contribution in [-0.2, 0) is 19.6 Å². The minimum Gasteiger partial charge on any atom is -0.494 e. The Bertz CT molecular complexity index is 1410. The van der Waals surface area contributed by atoms with E-state index in [4.69, 9.17) is 9.47 Å². The Hall–Kier alpha value is -3.75. The number of nitrogens with one attached hydrogen (secondary N) is 1. The van der Waals surface area contributed by atoms with Crippen molar-refractivity contribution in [2.24, 2.45) is 11.8 Å². The first kappa shape index (κ1) is 28.3. The van der Waals surface area contributed by atoms with Crippen LogP contribution in [0.5, 0.6) is 11.5 Å². The molecular formula is C24H24F4N2O8S. The maximum absolute atomic E-state index is 14.0. The van der Waals surface area contributed by atoms with Crippen LogP contribution >= 0.6 is 0 Å². The van der Waals surface area contributed by atoms with Crippen LogP contribution in [0.15, 0.2) is 41.3 Å². The molecule has 1 heterocycles. The summed E-state index contributed by atoms with van der Waals surface area (Å²) in [5, 5.41) is 11.5. The summed E-state index contributed by atoms with van der Waals surface area (Å²) in [6, 6.07) is 6.61. The van der Waals surface area contributed by atoms with E-state index < -0.39 is 57.6 Å². The Morgan fingerprint density at radius 1 is 1.15 bits per heavy atom. The summed E-state index contributed by atoms with van der Waals surface area (Å²) < 4.78 is 96.9. The summed E-state index contributed by atoms with van der Waals surface area (Å²) in [5.74, 6) is -3.36. The number of carbonyl (C=O) groups is 2. The van der Waals surface area contributed by atoms with Gasteiger partial charge in [-0.3, -0.25) is 14.4 Å². The van der Waals surface area contributed by atoms with Crippen LogP contribution in [0.1, 0.15) is 20.3 Å². The summed E-state index contributed by atoms with van der Waals surface area (Å²) in [6.45, 7) is 1.01. The van der Waals surface area contributed by atoms with Gasteiger partial charge in [0.2, 0.25) is 5.60 Å². The molecular weight excluding hydrogens is 552 g/mol. The van der Waals surface area contributed by atoms with Gasteiger partial charge in [-0.05, 0) is 50.6 Å². The molecule has 1 amide bonds. The first-order chi connectivity index (χ1) is 18.0. The lowest BCUT2D eigenvalue weighted by Gasteiger charge is -2.36. The van der Waals surface area contributed by atoms with Gasteiger partial charge in [-0.2, -0.15) is 13.2 Å². The van der Waals surface area contributed by atoms with E-state index in [-0.39, 0.29) is 40.7 Å². The summed E-state index contributed by atoms with van der Waals surface area (Å²) in [7, 11) is -3.27. The number of nitrogens with zero attached hydrogens (tertiary/aromatic N) is 1. The Kier molecular flexibility index (Phi) is 7.08. The van der Waals surface area contributed by atoms with Crippen molar-refractivity contribution in [3.63, 3.8) is 0 Å². The number of ether oxygens (including phenoxy) is 3. The third-order valence-electron chi connectivity index (χ3n) is 6.47. The van der Waals surface area contributed by atoms with E-state index in [9.17, 15) is 40.7 Å². The van der Waals surface area contributed by atoms with Crippen molar-refractivity contribution >= 4 is 33.5 Å². The Morgan fingerprint density at radius 3 is 2.44 bits per heavy atom. The molecule has 0 saturated heterocycles. The highest BCUT2D eigenvalue weighted by atomic mass is 32.2. The standard InChI is InChI=1S/C24H24F4N2O8S/c1-23(2,24(26,27)28)38-22(33)29-12-4-7-18-17(8-12)30(11-20(37-18)14-10-15(14)21(31)32)39(34,35)13-5-6-16(25)19(9-13)36-3/h4-9,14-15,20H,10-11H2,1-3H3,(H,29,33)(H,31,32)/t14-,15+,20+/m0/s1. The Balaban J connectivity index is 1.69. The maximum Gasteiger partial charge on any atom is 0.427 e. The molecule has 3 atom stereocenters. The average Bonchev–Trinajstić information content (AvgIpc) is 3.64. The summed E-state index contributed by atoms with van der Waals surface area (Å²) in [4.78, 5) is 23.3. The molecule has 39 heavy (non-hydrogen) atoms. The second-order valence-corrected chi connectivity index (χ2v) is 11.4. The molecule has 2 aliphatic rings. The second-order valence-electron chi connectivity index (χ2n) is 9.54. The molecule has 0 unspecified atom stereocenters. The number of carboxylic acid groups (broad SMARTS) is 1. The maximum atomic E-state index is 14.0. The molecule has 0 spiro atoms. The zero-order chi connectivity index (χ0) is 28.9. The number of fused-ring (bicyclic) bond motifs is 1. The molecule has 4 rings (SSSR count). The quantitative estimate of drug-likeness (QED) is 0.464. The van der Waals surface area contributed by atoms with E-state index in [0.29, 0.717) is 13.8 Å². The smallest absolute Gasteiger partial charge is 0.427 e. The number of alkyl halides is 3. The molecule has 1 fully saturated rings. The minimum atomic E-state index is -4.85. The Labute approximate surface area is 220 Å². The number of carboxylic acids is 1. The number of halogens is 4. The predicted molar refractivity (Wildman–Crippen MR) is 128 cm³/mol. The predicted octanol–water partition coefficient (Wildman–Crippen LogP) is 4.40. The van der Waals surface area contributed by atoms with E-state index in [1.807, 2.05) is 0 Å². The molecule has 2 N–H and O–H groups in total. The lowest BCUT2D eigenvalue weighted by Crippen LogP contribution is -2.45. The fourth-order valence-corrected chi connectivity index (χ4v) is 5.57. The van der Waals surface area contributed by atoms with Crippen molar-refractivity contribution in [2.75, 3.05) is 23.3 Å². The number of rotatable bonds is 7. The van der Waals surface area contributed by atoms with E-state index in [2.05, 4.69) is 10.1 Å². The van der Waals surface area contributed by atoms with Gasteiger partial charge in [0.25, 0.3) is 10.0 Å². The van der Waals surface area contributed by atoms with Crippen LogP contribution in [0, 0.1) is 17.7 Å². The average molecular weight is 577 g/mol. The fourth-order valence-electron chi connectivity index (χ4n) is 4.07. The van der Waals surface area contributed by atoms with E-state index in [1.54, 1.807) is 0 Å². The largest absolute Gasteiger partial charge is 0.494 e. The van der Waals surface area contributed by atoms with Crippen molar-refractivity contribution in [1.82, 2.24) is 0 Å². The van der Waals surface area contributed by atoms with Gasteiger partial charge >= 0.3 is 18.2 Å². The van der Waals surface area contributed by atoms with Crippen LogP contribution in [-0.4, -0.2) is 57.1 Å². The third kappa shape index (κ3) is 5.53. The minimum absolute atomic E-state index is 0.0227. The van der Waals surface area contributed by atoms with E-state index in [0.717, 1.165) is 35.7 Å². The number of aliphatic carboxylic acids is 1. The number of methoxy groups -OCH3 is 1. The highest BCUT2D eigenvalue weighted by Gasteiger charge is 2.52. The van der Waals surface area contributed by atoms with Crippen LogP contribution in [0.4, 0.5) is 33.7 Å². The highest BCUT2D eigenvalue weighted by molar-refractivity contribution is 7.92. The van der Waals surface area contributed by atoms with Gasteiger partial charge in [-0.1, -0.05) is 0 Å². The SMILES string of the molecule is COc1cc(S(=O)(=O)N2C[C@H]([C@H]3C[C@H]3C(=O)O)Oc3ccc(NC(=O)OC(C)(C)C(F)(F)F)cc32)ccc1F. The number of amides is 1. The van der Waals surface area contributed by atoms with Crippen molar-refractivity contribution < 1.29 is 54.9 Å². The van der Waals surface area contributed by atoms with E-state index >= 15 is 0 Å². The monoisotopic (exact) mass is 576 g/mol. The van der Waals surface area contributed by atoms with Crippen molar-refractivity contribution in [1.29, 1.82) is 0 Å². The Morgan fingerprint density at radius 2 is 1.85 bits per heavy atom. The molecule has 2 aromatic carbocycles. The van der Waals surface area contributed by atoms with Gasteiger partial charge in [-0.25, -0.2) is 17.6 Å². The number of hydrogen-bond donors (Lipinski definition) is 2. The number of benzene rings is 2. The molecule has 1 aliphatic carbocycles. The van der Waals surface area contributed by atoms with Gasteiger partial charge in [0.1, 0.15) is 11.9 Å². The van der Waals surface area contributed by atoms with Gasteiger partial charge in [0.05, 0.1) is 30.2 Å². The summed E-state index contributed by atoms with van der Waals surface area (Å²) in [5.41, 5.74) is -3.00. The van der Waals surface area contributed by atoms with Crippen LogP contribution in [0.25, 0.3) is 0 Å². The van der Waals surface area contributed by atoms with Crippen molar-refractivity contribution in [3.8, 4) is 11.5 Å². The zero-order valence-corrected chi connectivity index (χ0v) is 21.6. The van der Waals surface area contributed by atoms with Crippen LogP contribution in [0.3, 0.4) is 0 Å². The molecule has 212 valence electrons. The molecule has 1 saturated carbocycles. The van der Waals surface area contributed by atoms with Gasteiger partial charge in [0.15, 0.2) is 11.6 Å². The molecule has 0 aromatic heterocycles. The zero-order valence-electron chi connectivity index (χ0n) is 20.8. The third-order valence-corrected chi connectivity index (χ3v) is 8.25. The summed E-state index contributed by atoms with van der Waals surface area (Å²) in [6.07, 6.45) is -6.85. The number of hydrogen-bond acceptors (Lipinski definition) is 7. The molecule has 2 aromatic rings. The van der Waals surface area contributed by atoms with E-state index in [1.165, 1.54) is 12.1 Å². The first-order valence-corrected chi connectivity index (χ1v) is 13.0. The normalized spacial score (nSPS) is 20.9. The topological polar surface area (TPSA) is 131 Å². The lowest BCUT2D eigenvalue weighted by molar-refractivity contribution is -0.242. The molecule has 0 radical (unpaired) electrons. The van der Waals surface area contributed by atoms with Crippen LogP contribution in [0.2, 0.25) is 0 Å². The van der Waals surface area contributed by atoms with Crippen molar-refractivity contribution in [3.05, 3.63) is 42.2 Å². The van der Waals surface area contributed by atoms with Crippen LogP contribution < -0.4 is 19.1 Å². The fraction of sp³-hybridized carbons (Fsp3) is 0.417. The highest BCUT2D eigenvalue weighted by Crippen LogP contribution is 2.48. The molecule has 1 aliphatic heterocycles.